The molecule has 4 nitrogen and oxygen atoms in total. The lowest BCUT2D eigenvalue weighted by atomic mass is 10.1. The Morgan fingerprint density at radius 2 is 1.88 bits per heavy atom. The van der Waals surface area contributed by atoms with Crippen molar-refractivity contribution in [3.63, 3.8) is 0 Å². The Morgan fingerprint density at radius 3 is 2.48 bits per heavy atom. The van der Waals surface area contributed by atoms with Crippen LogP contribution in [0.5, 0.6) is 11.5 Å². The van der Waals surface area contributed by atoms with Crippen LogP contribution in [0.3, 0.4) is 0 Å². The molecule has 0 fully saturated rings. The van der Waals surface area contributed by atoms with E-state index < -0.39 is 18.6 Å². The third-order valence-corrected chi connectivity index (χ3v) is 4.18. The fourth-order valence-electron chi connectivity index (χ4n) is 2.21. The van der Waals surface area contributed by atoms with Gasteiger partial charge in [0.25, 0.3) is 5.91 Å². The summed E-state index contributed by atoms with van der Waals surface area (Å²) < 4.78 is 34.7. The van der Waals surface area contributed by atoms with Crippen LogP contribution in [0, 0.1) is 0 Å². The predicted molar refractivity (Wildman–Crippen MR) is 92.0 cm³/mol. The Bertz CT molecular complexity index is 772. The number of alkyl halides is 2. The maximum atomic E-state index is 12.7. The summed E-state index contributed by atoms with van der Waals surface area (Å²) >= 11 is 11.8. The first kappa shape index (κ1) is 19.3. The molecule has 0 aromatic heterocycles. The van der Waals surface area contributed by atoms with Crippen molar-refractivity contribution in [1.29, 1.82) is 0 Å². The van der Waals surface area contributed by atoms with Crippen molar-refractivity contribution in [3.8, 4) is 11.5 Å². The molecular formula is C17H15Cl2F2NO3. The number of amides is 1. The lowest BCUT2D eigenvalue weighted by Crippen LogP contribution is -2.27. The van der Waals surface area contributed by atoms with Gasteiger partial charge in [0.1, 0.15) is 0 Å². The topological polar surface area (TPSA) is 47.6 Å². The Balaban J connectivity index is 2.26. The first-order valence-corrected chi connectivity index (χ1v) is 7.96. The standard InChI is InChI=1S/C17H15Cl2F2NO3/c1-9(10-6-7-12(18)13(19)8-10)22-16(23)11-4-3-5-14(24-2)15(11)25-17(20)21/h3-9,17H,1-2H3,(H,22,23). The van der Waals surface area contributed by atoms with Gasteiger partial charge < -0.3 is 14.8 Å². The summed E-state index contributed by atoms with van der Waals surface area (Å²) in [6.45, 7) is -1.36. The summed E-state index contributed by atoms with van der Waals surface area (Å²) in [5.41, 5.74) is 0.647. The number of rotatable bonds is 6. The van der Waals surface area contributed by atoms with Gasteiger partial charge in [-0.2, -0.15) is 8.78 Å². The van der Waals surface area contributed by atoms with Gasteiger partial charge in [-0.1, -0.05) is 35.3 Å². The number of nitrogens with one attached hydrogen (secondary N) is 1. The molecule has 0 heterocycles. The van der Waals surface area contributed by atoms with E-state index in [1.807, 2.05) is 0 Å². The van der Waals surface area contributed by atoms with Crippen molar-refractivity contribution in [2.75, 3.05) is 7.11 Å². The maximum Gasteiger partial charge on any atom is 0.387 e. The van der Waals surface area contributed by atoms with E-state index in [9.17, 15) is 13.6 Å². The van der Waals surface area contributed by atoms with Crippen LogP contribution < -0.4 is 14.8 Å². The van der Waals surface area contributed by atoms with E-state index in [2.05, 4.69) is 10.1 Å². The molecule has 0 saturated carbocycles. The molecule has 1 atom stereocenters. The highest BCUT2D eigenvalue weighted by Crippen LogP contribution is 2.33. The second-order valence-corrected chi connectivity index (χ2v) is 5.90. The van der Waals surface area contributed by atoms with Crippen LogP contribution in [-0.4, -0.2) is 19.6 Å². The van der Waals surface area contributed by atoms with Gasteiger partial charge in [0.2, 0.25) is 0 Å². The van der Waals surface area contributed by atoms with Gasteiger partial charge in [-0.15, -0.1) is 0 Å². The number of halogens is 4. The predicted octanol–water partition coefficient (Wildman–Crippen LogP) is 5.09. The van der Waals surface area contributed by atoms with Gasteiger partial charge in [-0.25, -0.2) is 0 Å². The summed E-state index contributed by atoms with van der Waals surface area (Å²) in [5, 5.41) is 3.45. The van der Waals surface area contributed by atoms with E-state index in [0.29, 0.717) is 15.6 Å². The van der Waals surface area contributed by atoms with Crippen LogP contribution in [0.2, 0.25) is 10.0 Å². The Morgan fingerprint density at radius 1 is 1.16 bits per heavy atom. The smallest absolute Gasteiger partial charge is 0.387 e. The number of para-hydroxylation sites is 1. The monoisotopic (exact) mass is 389 g/mol. The average Bonchev–Trinajstić information content (AvgIpc) is 2.56. The van der Waals surface area contributed by atoms with Crippen molar-refractivity contribution in [3.05, 3.63) is 57.6 Å². The quantitative estimate of drug-likeness (QED) is 0.747. The van der Waals surface area contributed by atoms with Crippen LogP contribution in [0.15, 0.2) is 36.4 Å². The maximum absolute atomic E-state index is 12.7. The van der Waals surface area contributed by atoms with Gasteiger partial charge in [-0.05, 0) is 36.8 Å². The van der Waals surface area contributed by atoms with Gasteiger partial charge in [0.05, 0.1) is 28.8 Å². The molecule has 2 aromatic carbocycles. The number of methoxy groups -OCH3 is 1. The number of ether oxygens (including phenoxy) is 2. The fraction of sp³-hybridized carbons (Fsp3) is 0.235. The number of hydrogen-bond acceptors (Lipinski definition) is 3. The third-order valence-electron chi connectivity index (χ3n) is 3.44. The zero-order valence-electron chi connectivity index (χ0n) is 13.4. The minimum Gasteiger partial charge on any atom is -0.493 e. The Hall–Kier alpha value is -2.05. The van der Waals surface area contributed by atoms with Crippen molar-refractivity contribution in [2.45, 2.75) is 19.6 Å². The lowest BCUT2D eigenvalue weighted by molar-refractivity contribution is -0.0515. The normalized spacial score (nSPS) is 12.0. The molecular weight excluding hydrogens is 375 g/mol. The minimum absolute atomic E-state index is 0.0372. The molecule has 0 bridgehead atoms. The highest BCUT2D eigenvalue weighted by Gasteiger charge is 2.21. The molecule has 0 saturated heterocycles. The number of carbonyl (C=O) groups excluding carboxylic acids is 1. The van der Waals surface area contributed by atoms with Crippen LogP contribution >= 0.6 is 23.2 Å². The first-order chi connectivity index (χ1) is 11.8. The molecule has 1 amide bonds. The van der Waals surface area contributed by atoms with Crippen LogP contribution in [0.1, 0.15) is 28.9 Å². The zero-order valence-corrected chi connectivity index (χ0v) is 14.9. The van der Waals surface area contributed by atoms with Crippen molar-refractivity contribution in [1.82, 2.24) is 5.32 Å². The van der Waals surface area contributed by atoms with E-state index in [4.69, 9.17) is 27.9 Å². The Labute approximate surface area is 153 Å². The van der Waals surface area contributed by atoms with Crippen molar-refractivity contribution in [2.24, 2.45) is 0 Å². The molecule has 134 valence electrons. The lowest BCUT2D eigenvalue weighted by Gasteiger charge is -2.18. The first-order valence-electron chi connectivity index (χ1n) is 7.21. The van der Waals surface area contributed by atoms with Crippen LogP contribution in [0.25, 0.3) is 0 Å². The second-order valence-electron chi connectivity index (χ2n) is 5.08. The molecule has 0 radical (unpaired) electrons. The van der Waals surface area contributed by atoms with Gasteiger partial charge in [0.15, 0.2) is 11.5 Å². The highest BCUT2D eigenvalue weighted by molar-refractivity contribution is 6.42. The molecule has 1 unspecified atom stereocenters. The van der Waals surface area contributed by atoms with Gasteiger partial charge in [-0.3, -0.25) is 4.79 Å². The zero-order chi connectivity index (χ0) is 18.6. The molecule has 0 aliphatic rings. The highest BCUT2D eigenvalue weighted by atomic mass is 35.5. The second kappa shape index (κ2) is 8.36. The third kappa shape index (κ3) is 4.74. The molecule has 25 heavy (non-hydrogen) atoms. The van der Waals surface area contributed by atoms with E-state index in [1.165, 1.54) is 25.3 Å². The molecule has 1 N–H and O–H groups in total. The van der Waals surface area contributed by atoms with Gasteiger partial charge in [0, 0.05) is 0 Å². The average molecular weight is 390 g/mol. The summed E-state index contributed by atoms with van der Waals surface area (Å²) in [4.78, 5) is 12.5. The van der Waals surface area contributed by atoms with E-state index in [-0.39, 0.29) is 17.1 Å². The van der Waals surface area contributed by atoms with Crippen molar-refractivity contribution < 1.29 is 23.0 Å². The fourth-order valence-corrected chi connectivity index (χ4v) is 2.51. The summed E-state index contributed by atoms with van der Waals surface area (Å²) in [5.74, 6) is -0.873. The van der Waals surface area contributed by atoms with Gasteiger partial charge >= 0.3 is 6.61 Å². The number of benzene rings is 2. The molecule has 0 aliphatic carbocycles. The van der Waals surface area contributed by atoms with Crippen LogP contribution in [-0.2, 0) is 0 Å². The number of hydrogen-bond donors (Lipinski definition) is 1. The minimum atomic E-state index is -3.09. The Kier molecular flexibility index (Phi) is 6.45. The van der Waals surface area contributed by atoms with Crippen molar-refractivity contribution >= 4 is 29.1 Å². The summed E-state index contributed by atoms with van der Waals surface area (Å²) in [6.07, 6.45) is 0. The van der Waals surface area contributed by atoms with E-state index in [1.54, 1.807) is 25.1 Å². The van der Waals surface area contributed by atoms with Crippen LogP contribution in [0.4, 0.5) is 8.78 Å². The molecule has 2 rings (SSSR count). The van der Waals surface area contributed by atoms with E-state index >= 15 is 0 Å². The molecule has 2 aromatic rings. The molecule has 8 heteroatoms. The van der Waals surface area contributed by atoms with E-state index in [0.717, 1.165) is 0 Å². The summed E-state index contributed by atoms with van der Waals surface area (Å²) in [7, 11) is 1.30. The molecule has 0 aliphatic heterocycles. The molecule has 0 spiro atoms. The SMILES string of the molecule is COc1cccc(C(=O)NC(C)c2ccc(Cl)c(Cl)c2)c1OC(F)F. The number of carbonyl (C=O) groups is 1. The largest absolute Gasteiger partial charge is 0.493 e. The summed E-state index contributed by atoms with van der Waals surface area (Å²) in [6, 6.07) is 8.81.